The van der Waals surface area contributed by atoms with Crippen LogP contribution in [0.5, 0.6) is 0 Å². The number of aromatic nitrogens is 2. The summed E-state index contributed by atoms with van der Waals surface area (Å²) in [6, 6.07) is 3.69. The SMILES string of the molecule is Cc1ccc(-c2nc(CO)c(N)nc2C)c(Cl)c1Cl. The van der Waals surface area contributed by atoms with Crippen LogP contribution in [0, 0.1) is 13.8 Å². The number of hydrogen-bond donors (Lipinski definition) is 2. The number of nitrogens with two attached hydrogens (primary N) is 1. The molecule has 1 aromatic heterocycles. The Kier molecular flexibility index (Phi) is 3.94. The smallest absolute Gasteiger partial charge is 0.147 e. The minimum absolute atomic E-state index is 0.220. The van der Waals surface area contributed by atoms with Crippen LogP contribution in [0.3, 0.4) is 0 Å². The zero-order chi connectivity index (χ0) is 14.2. The Labute approximate surface area is 121 Å². The molecule has 0 spiro atoms. The van der Waals surface area contributed by atoms with E-state index in [1.807, 2.05) is 19.1 Å². The minimum atomic E-state index is -0.274. The fraction of sp³-hybridized carbons (Fsp3) is 0.231. The summed E-state index contributed by atoms with van der Waals surface area (Å²) >= 11 is 12.4. The van der Waals surface area contributed by atoms with E-state index < -0.39 is 0 Å². The number of benzene rings is 1. The summed E-state index contributed by atoms with van der Waals surface area (Å²) < 4.78 is 0. The number of hydrogen-bond acceptors (Lipinski definition) is 4. The Morgan fingerprint density at radius 3 is 2.47 bits per heavy atom. The van der Waals surface area contributed by atoms with E-state index in [0.29, 0.717) is 32.7 Å². The van der Waals surface area contributed by atoms with Crippen LogP contribution >= 0.6 is 23.2 Å². The molecule has 0 radical (unpaired) electrons. The predicted octanol–water partition coefficient (Wildman–Crippen LogP) is 3.14. The third kappa shape index (κ3) is 2.52. The van der Waals surface area contributed by atoms with Crippen LogP contribution in [0.15, 0.2) is 12.1 Å². The van der Waals surface area contributed by atoms with E-state index in [-0.39, 0.29) is 12.4 Å². The first-order chi connectivity index (χ1) is 8.95. The Morgan fingerprint density at radius 2 is 1.84 bits per heavy atom. The highest BCUT2D eigenvalue weighted by atomic mass is 35.5. The van der Waals surface area contributed by atoms with Crippen LogP contribution in [-0.2, 0) is 6.61 Å². The number of halogens is 2. The van der Waals surface area contributed by atoms with E-state index in [1.54, 1.807) is 6.92 Å². The Hall–Kier alpha value is -1.36. The number of nitrogen functional groups attached to an aromatic ring is 1. The van der Waals surface area contributed by atoms with Gasteiger partial charge in [0, 0.05) is 5.56 Å². The van der Waals surface area contributed by atoms with E-state index in [4.69, 9.17) is 28.9 Å². The molecule has 0 aliphatic heterocycles. The molecule has 2 aromatic rings. The molecule has 0 aliphatic carbocycles. The van der Waals surface area contributed by atoms with Crippen molar-refractivity contribution in [2.24, 2.45) is 0 Å². The summed E-state index contributed by atoms with van der Waals surface area (Å²) in [7, 11) is 0. The van der Waals surface area contributed by atoms with Gasteiger partial charge in [0.05, 0.1) is 28.0 Å². The Bertz CT molecular complexity index is 644. The third-order valence-corrected chi connectivity index (χ3v) is 3.83. The molecule has 0 unspecified atom stereocenters. The van der Waals surface area contributed by atoms with Crippen molar-refractivity contribution in [3.63, 3.8) is 0 Å². The predicted molar refractivity (Wildman–Crippen MR) is 77.3 cm³/mol. The van der Waals surface area contributed by atoms with Gasteiger partial charge in [0.25, 0.3) is 0 Å². The van der Waals surface area contributed by atoms with Crippen molar-refractivity contribution < 1.29 is 5.11 Å². The molecule has 0 saturated heterocycles. The first-order valence-electron chi connectivity index (χ1n) is 5.64. The molecule has 100 valence electrons. The second kappa shape index (κ2) is 5.33. The van der Waals surface area contributed by atoms with Gasteiger partial charge in [-0.1, -0.05) is 35.3 Å². The lowest BCUT2D eigenvalue weighted by Gasteiger charge is -2.12. The molecule has 0 bridgehead atoms. The number of aliphatic hydroxyl groups excluding tert-OH is 1. The van der Waals surface area contributed by atoms with Gasteiger partial charge in [-0.05, 0) is 19.4 Å². The van der Waals surface area contributed by atoms with E-state index in [2.05, 4.69) is 9.97 Å². The monoisotopic (exact) mass is 297 g/mol. The fourth-order valence-corrected chi connectivity index (χ4v) is 2.24. The van der Waals surface area contributed by atoms with Crippen LogP contribution < -0.4 is 5.73 Å². The summed E-state index contributed by atoms with van der Waals surface area (Å²) in [5.41, 5.74) is 8.78. The first-order valence-corrected chi connectivity index (χ1v) is 6.40. The molecule has 3 N–H and O–H groups in total. The molecular formula is C13H13Cl2N3O. The summed E-state index contributed by atoms with van der Waals surface area (Å²) in [5, 5.41) is 10.1. The average Bonchev–Trinajstić information content (AvgIpc) is 2.37. The number of anilines is 1. The van der Waals surface area contributed by atoms with Gasteiger partial charge in [0.15, 0.2) is 0 Å². The fourth-order valence-electron chi connectivity index (χ4n) is 1.77. The molecule has 1 aromatic carbocycles. The molecule has 4 nitrogen and oxygen atoms in total. The molecular weight excluding hydrogens is 285 g/mol. The van der Waals surface area contributed by atoms with Crippen LogP contribution in [0.2, 0.25) is 10.0 Å². The van der Waals surface area contributed by atoms with Crippen molar-refractivity contribution in [2.75, 3.05) is 5.73 Å². The highest BCUT2D eigenvalue weighted by Gasteiger charge is 2.15. The first kappa shape index (κ1) is 14.1. The molecule has 0 atom stereocenters. The zero-order valence-electron chi connectivity index (χ0n) is 10.5. The van der Waals surface area contributed by atoms with Crippen molar-refractivity contribution >= 4 is 29.0 Å². The van der Waals surface area contributed by atoms with Crippen molar-refractivity contribution in [1.29, 1.82) is 0 Å². The Morgan fingerprint density at radius 1 is 1.16 bits per heavy atom. The van der Waals surface area contributed by atoms with Gasteiger partial charge in [0.1, 0.15) is 11.5 Å². The van der Waals surface area contributed by atoms with E-state index in [9.17, 15) is 5.11 Å². The van der Waals surface area contributed by atoms with Crippen molar-refractivity contribution in [3.05, 3.63) is 39.1 Å². The average molecular weight is 298 g/mol. The maximum Gasteiger partial charge on any atom is 0.147 e. The zero-order valence-corrected chi connectivity index (χ0v) is 12.0. The quantitative estimate of drug-likeness (QED) is 0.893. The van der Waals surface area contributed by atoms with Crippen molar-refractivity contribution in [1.82, 2.24) is 9.97 Å². The normalized spacial score (nSPS) is 10.8. The lowest BCUT2D eigenvalue weighted by molar-refractivity contribution is 0.277. The van der Waals surface area contributed by atoms with Crippen LogP contribution in [0.25, 0.3) is 11.3 Å². The van der Waals surface area contributed by atoms with E-state index in [0.717, 1.165) is 5.56 Å². The molecule has 0 aliphatic rings. The van der Waals surface area contributed by atoms with Crippen molar-refractivity contribution in [2.45, 2.75) is 20.5 Å². The molecule has 19 heavy (non-hydrogen) atoms. The lowest BCUT2D eigenvalue weighted by Crippen LogP contribution is -2.05. The standard InChI is InChI=1S/C13H13Cl2N3O/c1-6-3-4-8(11(15)10(6)14)12-7(2)17-13(16)9(5-19)18-12/h3-4,19H,5H2,1-2H3,(H2,16,17). The Balaban J connectivity index is 2.69. The number of aryl methyl sites for hydroxylation is 2. The maximum atomic E-state index is 9.21. The molecule has 1 heterocycles. The van der Waals surface area contributed by atoms with Gasteiger partial charge >= 0.3 is 0 Å². The lowest BCUT2D eigenvalue weighted by atomic mass is 10.1. The molecule has 6 heteroatoms. The summed E-state index contributed by atoms with van der Waals surface area (Å²) in [6.07, 6.45) is 0. The molecule has 0 saturated carbocycles. The van der Waals surface area contributed by atoms with Crippen LogP contribution in [-0.4, -0.2) is 15.1 Å². The molecule has 0 fully saturated rings. The van der Waals surface area contributed by atoms with Gasteiger partial charge in [-0.15, -0.1) is 0 Å². The van der Waals surface area contributed by atoms with Gasteiger partial charge in [-0.25, -0.2) is 9.97 Å². The number of nitrogens with zero attached hydrogens (tertiary/aromatic N) is 2. The van der Waals surface area contributed by atoms with Crippen LogP contribution in [0.1, 0.15) is 17.0 Å². The summed E-state index contributed by atoms with van der Waals surface area (Å²) in [6.45, 7) is 3.38. The van der Waals surface area contributed by atoms with Crippen molar-refractivity contribution in [3.8, 4) is 11.3 Å². The number of aliphatic hydroxyl groups is 1. The highest BCUT2D eigenvalue weighted by Crippen LogP contribution is 2.36. The molecule has 0 amide bonds. The summed E-state index contributed by atoms with van der Waals surface area (Å²) in [5.74, 6) is 0.220. The van der Waals surface area contributed by atoms with Gasteiger partial charge in [-0.2, -0.15) is 0 Å². The van der Waals surface area contributed by atoms with Gasteiger partial charge in [-0.3, -0.25) is 0 Å². The minimum Gasteiger partial charge on any atom is -0.390 e. The second-order valence-corrected chi connectivity index (χ2v) is 4.96. The number of rotatable bonds is 2. The largest absolute Gasteiger partial charge is 0.390 e. The van der Waals surface area contributed by atoms with Gasteiger partial charge in [0.2, 0.25) is 0 Å². The van der Waals surface area contributed by atoms with E-state index >= 15 is 0 Å². The van der Waals surface area contributed by atoms with E-state index in [1.165, 1.54) is 0 Å². The van der Waals surface area contributed by atoms with Crippen LogP contribution in [0.4, 0.5) is 5.82 Å². The maximum absolute atomic E-state index is 9.21. The molecule has 2 rings (SSSR count). The third-order valence-electron chi connectivity index (χ3n) is 2.85. The van der Waals surface area contributed by atoms with Gasteiger partial charge < -0.3 is 10.8 Å². The topological polar surface area (TPSA) is 72.0 Å². The second-order valence-electron chi connectivity index (χ2n) is 4.21. The highest BCUT2D eigenvalue weighted by molar-refractivity contribution is 6.44. The summed E-state index contributed by atoms with van der Waals surface area (Å²) in [4.78, 5) is 8.48.